The molecule has 1 amide bonds. The summed E-state index contributed by atoms with van der Waals surface area (Å²) in [6.07, 6.45) is 2.60. The average Bonchev–Trinajstić information content (AvgIpc) is 2.78. The van der Waals surface area contributed by atoms with Crippen LogP contribution in [0, 0.1) is 5.82 Å². The van der Waals surface area contributed by atoms with Crippen molar-refractivity contribution < 1.29 is 9.18 Å². The van der Waals surface area contributed by atoms with Gasteiger partial charge in [-0.15, -0.1) is 0 Å². The van der Waals surface area contributed by atoms with Crippen molar-refractivity contribution in [1.82, 2.24) is 10.6 Å². The molecule has 0 unspecified atom stereocenters. The number of benzene rings is 1. The van der Waals surface area contributed by atoms with Gasteiger partial charge in [0.2, 0.25) is 0 Å². The summed E-state index contributed by atoms with van der Waals surface area (Å²) in [7, 11) is 1.89. The third-order valence-corrected chi connectivity index (χ3v) is 4.03. The number of fused-ring (bicyclic) bond motifs is 1. The van der Waals surface area contributed by atoms with E-state index in [0.29, 0.717) is 16.8 Å². The Bertz CT molecular complexity index is 759. The van der Waals surface area contributed by atoms with Crippen molar-refractivity contribution >= 4 is 17.2 Å². The van der Waals surface area contributed by atoms with Crippen LogP contribution in [0.4, 0.5) is 10.1 Å². The van der Waals surface area contributed by atoms with Gasteiger partial charge in [0, 0.05) is 41.8 Å². The van der Waals surface area contributed by atoms with Crippen LogP contribution in [-0.4, -0.2) is 13.0 Å². The lowest BCUT2D eigenvalue weighted by Gasteiger charge is -2.23. The zero-order valence-corrected chi connectivity index (χ0v) is 12.8. The van der Waals surface area contributed by atoms with Crippen LogP contribution in [0.1, 0.15) is 25.8 Å². The van der Waals surface area contributed by atoms with Gasteiger partial charge in [0.05, 0.1) is 5.57 Å². The van der Waals surface area contributed by atoms with Crippen molar-refractivity contribution in [2.24, 2.45) is 0 Å². The molecular weight excluding hydrogens is 281 g/mol. The van der Waals surface area contributed by atoms with Gasteiger partial charge in [0.25, 0.3) is 5.91 Å². The van der Waals surface area contributed by atoms with Crippen LogP contribution < -0.4 is 16.0 Å². The summed E-state index contributed by atoms with van der Waals surface area (Å²) in [5.41, 5.74) is 5.90. The van der Waals surface area contributed by atoms with Crippen molar-refractivity contribution in [2.45, 2.75) is 20.3 Å². The smallest absolute Gasteiger partial charge is 0.256 e. The monoisotopic (exact) mass is 299 g/mol. The quantitative estimate of drug-likeness (QED) is 0.736. The fourth-order valence-corrected chi connectivity index (χ4v) is 2.76. The number of carbonyl (C=O) groups excluding carboxylic acids is 1. The van der Waals surface area contributed by atoms with Crippen molar-refractivity contribution in [3.8, 4) is 0 Å². The molecule has 2 aliphatic heterocycles. The summed E-state index contributed by atoms with van der Waals surface area (Å²) in [5.74, 6) is -0.555. The molecule has 0 spiro atoms. The molecule has 0 saturated heterocycles. The van der Waals surface area contributed by atoms with Gasteiger partial charge in [0.15, 0.2) is 0 Å². The number of hydrogen-bond acceptors (Lipinski definition) is 3. The highest BCUT2D eigenvalue weighted by molar-refractivity contribution is 6.31. The van der Waals surface area contributed by atoms with E-state index in [1.165, 1.54) is 12.1 Å². The summed E-state index contributed by atoms with van der Waals surface area (Å²) in [6, 6.07) is 4.32. The van der Waals surface area contributed by atoms with Crippen LogP contribution in [0.5, 0.6) is 0 Å². The second-order valence-corrected chi connectivity index (χ2v) is 5.55. The Morgan fingerprint density at radius 2 is 2.05 bits per heavy atom. The van der Waals surface area contributed by atoms with Gasteiger partial charge in [-0.25, -0.2) is 4.39 Å². The summed E-state index contributed by atoms with van der Waals surface area (Å²) in [6.45, 7) is 4.00. The predicted molar refractivity (Wildman–Crippen MR) is 85.2 cm³/mol. The molecule has 4 nitrogen and oxygen atoms in total. The third kappa shape index (κ3) is 2.39. The Balaban J connectivity index is 2.00. The molecule has 3 rings (SSSR count). The van der Waals surface area contributed by atoms with E-state index in [-0.39, 0.29) is 11.7 Å². The number of allylic oxidation sites excluding steroid dienone is 3. The zero-order valence-electron chi connectivity index (χ0n) is 12.8. The second-order valence-electron chi connectivity index (χ2n) is 5.55. The highest BCUT2D eigenvalue weighted by Crippen LogP contribution is 2.34. The van der Waals surface area contributed by atoms with Crippen LogP contribution in [0.2, 0.25) is 0 Å². The zero-order chi connectivity index (χ0) is 15.9. The van der Waals surface area contributed by atoms with E-state index in [1.54, 1.807) is 12.1 Å². The Labute approximate surface area is 128 Å². The first kappa shape index (κ1) is 14.4. The normalized spacial score (nSPS) is 19.3. The first-order chi connectivity index (χ1) is 10.5. The summed E-state index contributed by atoms with van der Waals surface area (Å²) < 4.78 is 13.5. The highest BCUT2D eigenvalue weighted by Gasteiger charge is 2.25. The number of rotatable bonds is 2. The molecule has 0 atom stereocenters. The lowest BCUT2D eigenvalue weighted by atomic mass is 10.00. The molecule has 114 valence electrons. The maximum Gasteiger partial charge on any atom is 0.256 e. The van der Waals surface area contributed by atoms with E-state index in [0.717, 1.165) is 29.1 Å². The van der Waals surface area contributed by atoms with E-state index in [1.807, 2.05) is 20.9 Å². The Morgan fingerprint density at radius 1 is 1.27 bits per heavy atom. The van der Waals surface area contributed by atoms with Gasteiger partial charge in [0.1, 0.15) is 5.82 Å². The topological polar surface area (TPSA) is 53.2 Å². The lowest BCUT2D eigenvalue weighted by molar-refractivity contribution is -0.110. The van der Waals surface area contributed by atoms with Crippen LogP contribution in [-0.2, 0) is 4.79 Å². The minimum Gasteiger partial charge on any atom is -0.390 e. The standard InChI is InChI=1S/C17H18FN3O/c1-9-6-16(19-3)10(2)20-15(9)8-13-12-7-11(18)4-5-14(12)21-17(13)22/h4-5,7-8,19-20H,6H2,1-3H3,(H,21,22)/b13-8-. The molecule has 0 saturated carbocycles. The van der Waals surface area contributed by atoms with E-state index < -0.39 is 0 Å². The molecule has 1 aromatic rings. The van der Waals surface area contributed by atoms with Gasteiger partial charge < -0.3 is 16.0 Å². The van der Waals surface area contributed by atoms with Gasteiger partial charge in [-0.1, -0.05) is 0 Å². The first-order valence-corrected chi connectivity index (χ1v) is 7.17. The summed E-state index contributed by atoms with van der Waals surface area (Å²) in [4.78, 5) is 12.1. The molecule has 0 aromatic heterocycles. The van der Waals surface area contributed by atoms with Gasteiger partial charge in [-0.3, -0.25) is 4.79 Å². The SMILES string of the molecule is CNC1=C(C)NC(/C=C2\C(=O)Nc3ccc(F)cc32)=C(C)C1. The molecule has 2 aliphatic rings. The van der Waals surface area contributed by atoms with Crippen LogP contribution in [0.3, 0.4) is 0 Å². The number of anilines is 1. The molecular formula is C17H18FN3O. The molecule has 0 aliphatic carbocycles. The Kier molecular flexibility index (Phi) is 3.48. The number of dihydropyridines is 1. The highest BCUT2D eigenvalue weighted by atomic mass is 19.1. The second kappa shape index (κ2) is 5.33. The van der Waals surface area contributed by atoms with Crippen molar-refractivity contribution in [2.75, 3.05) is 12.4 Å². The van der Waals surface area contributed by atoms with Crippen molar-refractivity contribution in [3.63, 3.8) is 0 Å². The number of carbonyl (C=O) groups is 1. The lowest BCUT2D eigenvalue weighted by Crippen LogP contribution is -2.24. The minimum atomic E-state index is -0.350. The molecule has 22 heavy (non-hydrogen) atoms. The largest absolute Gasteiger partial charge is 0.390 e. The Morgan fingerprint density at radius 3 is 2.77 bits per heavy atom. The van der Waals surface area contributed by atoms with Crippen molar-refractivity contribution in [1.29, 1.82) is 0 Å². The van der Waals surface area contributed by atoms with E-state index in [4.69, 9.17) is 0 Å². The van der Waals surface area contributed by atoms with Crippen molar-refractivity contribution in [3.05, 3.63) is 58.3 Å². The Hall–Kier alpha value is -2.56. The minimum absolute atomic E-state index is 0.205. The number of nitrogens with one attached hydrogen (secondary N) is 3. The molecule has 3 N–H and O–H groups in total. The molecule has 0 bridgehead atoms. The number of amides is 1. The predicted octanol–water partition coefficient (Wildman–Crippen LogP) is 2.88. The molecule has 1 aromatic carbocycles. The number of hydrogen-bond donors (Lipinski definition) is 3. The average molecular weight is 299 g/mol. The fraction of sp³-hybridized carbons (Fsp3) is 0.235. The van der Waals surface area contributed by atoms with Gasteiger partial charge in [-0.2, -0.15) is 0 Å². The molecule has 5 heteroatoms. The van der Waals surface area contributed by atoms with Crippen LogP contribution >= 0.6 is 0 Å². The van der Waals surface area contributed by atoms with E-state index in [9.17, 15) is 9.18 Å². The maximum atomic E-state index is 13.5. The molecule has 2 heterocycles. The van der Waals surface area contributed by atoms with E-state index >= 15 is 0 Å². The summed E-state index contributed by atoms with van der Waals surface area (Å²) >= 11 is 0. The molecule has 0 radical (unpaired) electrons. The van der Waals surface area contributed by atoms with Crippen LogP contribution in [0.15, 0.2) is 46.9 Å². The number of halogens is 1. The van der Waals surface area contributed by atoms with E-state index in [2.05, 4.69) is 16.0 Å². The fourth-order valence-electron chi connectivity index (χ4n) is 2.76. The molecule has 0 fully saturated rings. The van der Waals surface area contributed by atoms with Crippen LogP contribution in [0.25, 0.3) is 5.57 Å². The van der Waals surface area contributed by atoms with Gasteiger partial charge in [-0.05, 0) is 43.7 Å². The summed E-state index contributed by atoms with van der Waals surface area (Å²) in [5, 5.41) is 9.23. The maximum absolute atomic E-state index is 13.5. The third-order valence-electron chi connectivity index (χ3n) is 4.03. The van der Waals surface area contributed by atoms with Gasteiger partial charge >= 0.3 is 0 Å². The first-order valence-electron chi connectivity index (χ1n) is 7.17.